The summed E-state index contributed by atoms with van der Waals surface area (Å²) in [6, 6.07) is 0. The molecule has 2 heterocycles. The Bertz CT molecular complexity index is 388. The third kappa shape index (κ3) is 1.87. The highest BCUT2D eigenvalue weighted by Gasteiger charge is 2.19. The van der Waals surface area contributed by atoms with Gasteiger partial charge in [0, 0.05) is 19.6 Å². The van der Waals surface area contributed by atoms with Crippen LogP contribution in [0.2, 0.25) is 0 Å². The van der Waals surface area contributed by atoms with E-state index in [0.717, 1.165) is 26.1 Å². The lowest BCUT2D eigenvalue weighted by Crippen LogP contribution is -2.27. The molecule has 16 heavy (non-hydrogen) atoms. The highest BCUT2D eigenvalue weighted by atomic mass is 15.1. The summed E-state index contributed by atoms with van der Waals surface area (Å²) in [6.45, 7) is 4.60. The Morgan fingerprint density at radius 1 is 1.25 bits per heavy atom. The van der Waals surface area contributed by atoms with Crippen LogP contribution >= 0.6 is 0 Å². The topological polar surface area (TPSA) is 15.3 Å². The number of rotatable bonds is 0. The Morgan fingerprint density at radius 2 is 2.19 bits per heavy atom. The zero-order valence-corrected chi connectivity index (χ0v) is 10.1. The maximum absolute atomic E-state index is 3.46. The normalized spacial score (nSPS) is 26.6. The summed E-state index contributed by atoms with van der Waals surface area (Å²) in [5.41, 5.74) is 6.40. The van der Waals surface area contributed by atoms with E-state index in [9.17, 15) is 0 Å². The van der Waals surface area contributed by atoms with Gasteiger partial charge in [0.25, 0.3) is 0 Å². The van der Waals surface area contributed by atoms with E-state index >= 15 is 0 Å². The van der Waals surface area contributed by atoms with Crippen LogP contribution in [0.15, 0.2) is 34.4 Å². The summed E-state index contributed by atoms with van der Waals surface area (Å²) in [5.74, 6) is 0. The van der Waals surface area contributed by atoms with E-state index < -0.39 is 0 Å². The van der Waals surface area contributed by atoms with Crippen molar-refractivity contribution in [2.45, 2.75) is 19.3 Å². The summed E-state index contributed by atoms with van der Waals surface area (Å²) >= 11 is 0. The second-order valence-electron chi connectivity index (χ2n) is 5.15. The van der Waals surface area contributed by atoms with E-state index in [1.54, 1.807) is 22.3 Å². The molecule has 3 aliphatic rings. The van der Waals surface area contributed by atoms with Gasteiger partial charge in [-0.15, -0.1) is 0 Å². The van der Waals surface area contributed by atoms with Crippen molar-refractivity contribution >= 4 is 0 Å². The van der Waals surface area contributed by atoms with E-state index in [4.69, 9.17) is 0 Å². The van der Waals surface area contributed by atoms with Gasteiger partial charge in [-0.1, -0.05) is 12.2 Å². The Kier molecular flexibility index (Phi) is 2.70. The molecule has 2 heteroatoms. The monoisotopic (exact) mass is 216 g/mol. The van der Waals surface area contributed by atoms with E-state index in [1.807, 2.05) is 0 Å². The van der Waals surface area contributed by atoms with Crippen LogP contribution in [0, 0.1) is 0 Å². The van der Waals surface area contributed by atoms with Gasteiger partial charge >= 0.3 is 0 Å². The predicted octanol–water partition coefficient (Wildman–Crippen LogP) is 1.87. The fourth-order valence-corrected chi connectivity index (χ4v) is 2.91. The second-order valence-corrected chi connectivity index (χ2v) is 5.15. The number of fused-ring (bicyclic) bond motifs is 1. The fourth-order valence-electron chi connectivity index (χ4n) is 2.91. The van der Waals surface area contributed by atoms with Crippen molar-refractivity contribution in [3.8, 4) is 0 Å². The maximum atomic E-state index is 3.46. The molecule has 0 amide bonds. The number of allylic oxidation sites excluding steroid dienone is 2. The van der Waals surface area contributed by atoms with Gasteiger partial charge in [0.2, 0.25) is 0 Å². The Balaban J connectivity index is 1.93. The predicted molar refractivity (Wildman–Crippen MR) is 67.4 cm³/mol. The average Bonchev–Trinajstić information content (AvgIpc) is 2.48. The number of nitrogens with one attached hydrogen (secondary N) is 1. The summed E-state index contributed by atoms with van der Waals surface area (Å²) in [7, 11) is 2.23. The molecule has 1 N–H and O–H groups in total. The van der Waals surface area contributed by atoms with E-state index in [2.05, 4.69) is 29.4 Å². The van der Waals surface area contributed by atoms with Crippen LogP contribution in [0.25, 0.3) is 0 Å². The van der Waals surface area contributed by atoms with Crippen LogP contribution in [0.5, 0.6) is 0 Å². The number of nitrogens with zero attached hydrogens (tertiary/aromatic N) is 1. The quantitative estimate of drug-likeness (QED) is 0.665. The third-order valence-electron chi connectivity index (χ3n) is 3.92. The number of likely N-dealkylation sites (N-methyl/N-ethyl adjacent to an activating group) is 1. The second kappa shape index (κ2) is 4.19. The lowest BCUT2D eigenvalue weighted by Gasteiger charge is -2.26. The maximum Gasteiger partial charge on any atom is 0.0205 e. The van der Waals surface area contributed by atoms with Gasteiger partial charge < -0.3 is 10.2 Å². The van der Waals surface area contributed by atoms with Crippen LogP contribution in [0.1, 0.15) is 19.3 Å². The van der Waals surface area contributed by atoms with Crippen molar-refractivity contribution in [1.29, 1.82) is 0 Å². The average molecular weight is 216 g/mol. The van der Waals surface area contributed by atoms with E-state index in [1.165, 1.54) is 19.4 Å². The molecule has 0 atom stereocenters. The van der Waals surface area contributed by atoms with Gasteiger partial charge in [-0.3, -0.25) is 0 Å². The minimum atomic E-state index is 1.07. The van der Waals surface area contributed by atoms with Gasteiger partial charge in [-0.05, 0) is 55.1 Å². The Morgan fingerprint density at radius 3 is 3.12 bits per heavy atom. The first kappa shape index (κ1) is 10.3. The zero-order chi connectivity index (χ0) is 11.0. The zero-order valence-electron chi connectivity index (χ0n) is 10.1. The molecule has 0 saturated carbocycles. The minimum absolute atomic E-state index is 1.07. The minimum Gasteiger partial charge on any atom is -0.312 e. The SMILES string of the molecule is CN1CCC2=C(CC=C3CNCCC3=C2)C1. The Labute approximate surface area is 97.7 Å². The van der Waals surface area contributed by atoms with Crippen molar-refractivity contribution in [1.82, 2.24) is 10.2 Å². The van der Waals surface area contributed by atoms with Crippen molar-refractivity contribution in [2.75, 3.05) is 33.2 Å². The van der Waals surface area contributed by atoms with Crippen molar-refractivity contribution in [3.05, 3.63) is 34.4 Å². The van der Waals surface area contributed by atoms with Gasteiger partial charge in [-0.2, -0.15) is 0 Å². The molecule has 0 bridgehead atoms. The fraction of sp³-hybridized carbons (Fsp3) is 0.571. The third-order valence-corrected chi connectivity index (χ3v) is 3.92. The first-order valence-electron chi connectivity index (χ1n) is 6.33. The van der Waals surface area contributed by atoms with E-state index in [-0.39, 0.29) is 0 Å². The summed E-state index contributed by atoms with van der Waals surface area (Å²) in [6.07, 6.45) is 8.54. The number of piperidine rings is 1. The van der Waals surface area contributed by atoms with E-state index in [0.29, 0.717) is 0 Å². The molecule has 1 saturated heterocycles. The molecule has 2 nitrogen and oxygen atoms in total. The lowest BCUT2D eigenvalue weighted by molar-refractivity contribution is 0.348. The van der Waals surface area contributed by atoms with Crippen LogP contribution in [-0.2, 0) is 0 Å². The van der Waals surface area contributed by atoms with Crippen molar-refractivity contribution in [2.24, 2.45) is 0 Å². The standard InChI is InChI=1S/C14H20N2/c1-16-7-5-12-8-11-4-6-15-9-13(11)2-3-14(12)10-16/h2,8,15H,3-7,9-10H2,1H3. The molecule has 3 rings (SSSR count). The molecule has 1 aliphatic carbocycles. The molecule has 0 aromatic rings. The molecule has 0 unspecified atom stereocenters. The van der Waals surface area contributed by atoms with Crippen LogP contribution in [0.4, 0.5) is 0 Å². The number of hydrogen-bond donors (Lipinski definition) is 1. The van der Waals surface area contributed by atoms with Gasteiger partial charge in [0.15, 0.2) is 0 Å². The van der Waals surface area contributed by atoms with Gasteiger partial charge in [0.05, 0.1) is 0 Å². The van der Waals surface area contributed by atoms with Gasteiger partial charge in [-0.25, -0.2) is 0 Å². The van der Waals surface area contributed by atoms with Crippen LogP contribution in [0.3, 0.4) is 0 Å². The van der Waals surface area contributed by atoms with Crippen molar-refractivity contribution in [3.63, 3.8) is 0 Å². The molecule has 1 fully saturated rings. The van der Waals surface area contributed by atoms with Crippen LogP contribution < -0.4 is 5.32 Å². The summed E-state index contributed by atoms with van der Waals surface area (Å²) < 4.78 is 0. The molecule has 0 aromatic carbocycles. The molecule has 0 radical (unpaired) electrons. The number of hydrogen-bond acceptors (Lipinski definition) is 2. The first-order valence-corrected chi connectivity index (χ1v) is 6.33. The molecule has 0 spiro atoms. The molecular formula is C14H20N2. The largest absolute Gasteiger partial charge is 0.312 e. The smallest absolute Gasteiger partial charge is 0.0205 e. The molecule has 0 aromatic heterocycles. The first-order chi connectivity index (χ1) is 7.83. The summed E-state index contributed by atoms with van der Waals surface area (Å²) in [5, 5.41) is 3.46. The Hall–Kier alpha value is -0.860. The van der Waals surface area contributed by atoms with Gasteiger partial charge in [0.1, 0.15) is 0 Å². The van der Waals surface area contributed by atoms with Crippen molar-refractivity contribution < 1.29 is 0 Å². The molecule has 86 valence electrons. The summed E-state index contributed by atoms with van der Waals surface area (Å²) in [4.78, 5) is 2.43. The highest BCUT2D eigenvalue weighted by Crippen LogP contribution is 2.30. The molecular weight excluding hydrogens is 196 g/mol. The molecule has 2 aliphatic heterocycles. The van der Waals surface area contributed by atoms with Crippen LogP contribution in [-0.4, -0.2) is 38.1 Å². The lowest BCUT2D eigenvalue weighted by atomic mass is 9.95. The highest BCUT2D eigenvalue weighted by molar-refractivity contribution is 5.46.